The molecule has 0 N–H and O–H groups in total. The lowest BCUT2D eigenvalue weighted by molar-refractivity contribution is 1.68. The molecule has 0 unspecified atom stereocenters. The fourth-order valence-electron chi connectivity index (χ4n) is 8.49. The van der Waals surface area contributed by atoms with Crippen molar-refractivity contribution in [1.82, 2.24) is 0 Å². The molecule has 0 radical (unpaired) electrons. The van der Waals surface area contributed by atoms with Crippen LogP contribution in [0, 0.1) is 0 Å². The summed E-state index contributed by atoms with van der Waals surface area (Å²) in [4.78, 5) is 0. The molecule has 1 heteroatoms. The number of hydrogen-bond donors (Lipinski definition) is 0. The minimum atomic E-state index is -1.98. The lowest BCUT2D eigenvalue weighted by Gasteiger charge is -2.22. The van der Waals surface area contributed by atoms with Gasteiger partial charge in [-0.1, -0.05) is 153 Å². The van der Waals surface area contributed by atoms with E-state index in [1.165, 1.54) is 92.4 Å². The highest BCUT2D eigenvalue weighted by Gasteiger charge is 2.39. The van der Waals surface area contributed by atoms with Crippen molar-refractivity contribution in [2.75, 3.05) is 0 Å². The van der Waals surface area contributed by atoms with Crippen molar-refractivity contribution in [1.29, 1.82) is 0 Å². The molecule has 0 saturated carbocycles. The molecule has 47 heavy (non-hydrogen) atoms. The fraction of sp³-hybridized carbons (Fsp3) is 0.0435. The van der Waals surface area contributed by atoms with Gasteiger partial charge in [0.05, 0.1) is 0 Å². The molecule has 0 bridgehead atoms. The Kier molecular flexibility index (Phi) is 5.54. The summed E-state index contributed by atoms with van der Waals surface area (Å²) in [5.74, 6) is 0. The normalized spacial score (nSPS) is 13.5. The van der Waals surface area contributed by atoms with Crippen LogP contribution in [-0.4, -0.2) is 8.07 Å². The number of benzene rings is 9. The molecule has 1 heterocycles. The van der Waals surface area contributed by atoms with Crippen molar-refractivity contribution in [3.8, 4) is 33.4 Å². The maximum atomic E-state index is 2.60. The highest BCUT2D eigenvalue weighted by molar-refractivity contribution is 7.04. The van der Waals surface area contributed by atoms with Gasteiger partial charge in [-0.25, -0.2) is 0 Å². The summed E-state index contributed by atoms with van der Waals surface area (Å²) in [5.41, 5.74) is 8.06. The molecular weight excluding hydrogens is 581 g/mol. The second-order valence-corrected chi connectivity index (χ2v) is 18.0. The topological polar surface area (TPSA) is 0 Å². The zero-order valence-electron chi connectivity index (χ0n) is 26.5. The second kappa shape index (κ2) is 9.75. The van der Waals surface area contributed by atoms with E-state index in [0.717, 1.165) is 0 Å². The van der Waals surface area contributed by atoms with E-state index in [1.54, 1.807) is 5.19 Å². The summed E-state index contributed by atoms with van der Waals surface area (Å²) < 4.78 is 0. The van der Waals surface area contributed by atoms with E-state index in [2.05, 4.69) is 171 Å². The van der Waals surface area contributed by atoms with Crippen LogP contribution in [0.2, 0.25) is 13.1 Å². The molecule has 9 aromatic rings. The predicted octanol–water partition coefficient (Wildman–Crippen LogP) is 11.6. The van der Waals surface area contributed by atoms with Crippen molar-refractivity contribution in [2.45, 2.75) is 13.1 Å². The van der Waals surface area contributed by atoms with Gasteiger partial charge in [0.15, 0.2) is 0 Å². The van der Waals surface area contributed by atoms with Gasteiger partial charge < -0.3 is 0 Å². The number of hydrogen-bond acceptors (Lipinski definition) is 0. The van der Waals surface area contributed by atoms with Gasteiger partial charge in [-0.05, 0) is 116 Å². The molecule has 9 aromatic carbocycles. The van der Waals surface area contributed by atoms with Crippen LogP contribution >= 0.6 is 0 Å². The van der Waals surface area contributed by atoms with Gasteiger partial charge in [-0.2, -0.15) is 0 Å². The van der Waals surface area contributed by atoms with Gasteiger partial charge in [0.25, 0.3) is 0 Å². The SMILES string of the molecule is C[Si]1(C)c2cc3c(-c4ccc5ccccc5c4)c4ccccc4c(-c4ccc5ccccc5c4)c3cc2-c2c1ccc1ccccc21. The maximum Gasteiger partial charge on any atom is 0.113 e. The molecule has 1 aliphatic heterocycles. The van der Waals surface area contributed by atoms with Crippen LogP contribution in [0.1, 0.15) is 0 Å². The summed E-state index contributed by atoms with van der Waals surface area (Å²) in [6.45, 7) is 5.08. The van der Waals surface area contributed by atoms with Crippen LogP contribution in [-0.2, 0) is 0 Å². The molecule has 10 rings (SSSR count). The van der Waals surface area contributed by atoms with E-state index < -0.39 is 8.07 Å². The lowest BCUT2D eigenvalue weighted by Crippen LogP contribution is -2.49. The minimum Gasteiger partial charge on any atom is -0.0616 e. The van der Waals surface area contributed by atoms with Crippen LogP contribution in [0.25, 0.3) is 87.2 Å². The summed E-state index contributed by atoms with van der Waals surface area (Å²) in [6.07, 6.45) is 0. The zero-order valence-corrected chi connectivity index (χ0v) is 27.5. The number of rotatable bonds is 2. The van der Waals surface area contributed by atoms with E-state index >= 15 is 0 Å². The summed E-state index contributed by atoms with van der Waals surface area (Å²) in [5, 5.41) is 16.1. The number of fused-ring (bicyclic) bond motifs is 9. The molecule has 0 fully saturated rings. The molecule has 0 nitrogen and oxygen atoms in total. The van der Waals surface area contributed by atoms with Crippen LogP contribution in [0.5, 0.6) is 0 Å². The molecule has 0 aliphatic carbocycles. The largest absolute Gasteiger partial charge is 0.113 e. The van der Waals surface area contributed by atoms with Gasteiger partial charge in [0, 0.05) is 0 Å². The minimum absolute atomic E-state index is 1.27. The highest BCUT2D eigenvalue weighted by Crippen LogP contribution is 2.47. The molecule has 0 spiro atoms. The van der Waals surface area contributed by atoms with Gasteiger partial charge in [0.2, 0.25) is 0 Å². The average molecular weight is 613 g/mol. The smallest absolute Gasteiger partial charge is 0.0616 e. The summed E-state index contributed by atoms with van der Waals surface area (Å²) in [7, 11) is -1.98. The Labute approximate surface area is 275 Å². The molecule has 0 atom stereocenters. The first-order valence-corrected chi connectivity index (χ1v) is 19.6. The highest BCUT2D eigenvalue weighted by atomic mass is 28.3. The monoisotopic (exact) mass is 612 g/mol. The summed E-state index contributed by atoms with van der Waals surface area (Å²) in [6, 6.07) is 59.4. The quantitative estimate of drug-likeness (QED) is 0.135. The molecule has 220 valence electrons. The van der Waals surface area contributed by atoms with Crippen LogP contribution in [0.3, 0.4) is 0 Å². The third-order valence-electron chi connectivity index (χ3n) is 10.8. The van der Waals surface area contributed by atoms with Crippen LogP contribution in [0.4, 0.5) is 0 Å². The second-order valence-electron chi connectivity index (χ2n) is 13.7. The Morgan fingerprint density at radius 1 is 0.319 bits per heavy atom. The summed E-state index contributed by atoms with van der Waals surface area (Å²) >= 11 is 0. The lowest BCUT2D eigenvalue weighted by atomic mass is 9.84. The van der Waals surface area contributed by atoms with E-state index in [1.807, 2.05) is 0 Å². The van der Waals surface area contributed by atoms with E-state index in [0.29, 0.717) is 0 Å². The predicted molar refractivity (Wildman–Crippen MR) is 207 cm³/mol. The third-order valence-corrected chi connectivity index (χ3v) is 14.3. The first-order valence-electron chi connectivity index (χ1n) is 16.6. The zero-order chi connectivity index (χ0) is 31.3. The van der Waals surface area contributed by atoms with Crippen LogP contribution in [0.15, 0.2) is 158 Å². The van der Waals surface area contributed by atoms with Gasteiger partial charge in [-0.3, -0.25) is 0 Å². The Morgan fingerprint density at radius 3 is 1.38 bits per heavy atom. The van der Waals surface area contributed by atoms with Crippen molar-refractivity contribution < 1.29 is 0 Å². The Hall–Kier alpha value is -5.50. The van der Waals surface area contributed by atoms with Gasteiger partial charge in [-0.15, -0.1) is 0 Å². The van der Waals surface area contributed by atoms with E-state index in [9.17, 15) is 0 Å². The molecular formula is C46H32Si. The Balaban J connectivity index is 1.40. The van der Waals surface area contributed by atoms with Gasteiger partial charge in [0.1, 0.15) is 8.07 Å². The molecule has 0 amide bonds. The molecule has 0 saturated heterocycles. The van der Waals surface area contributed by atoms with Crippen molar-refractivity contribution in [2.24, 2.45) is 0 Å². The first kappa shape index (κ1) is 26.7. The van der Waals surface area contributed by atoms with Crippen molar-refractivity contribution in [3.63, 3.8) is 0 Å². The average Bonchev–Trinajstić information content (AvgIpc) is 3.34. The Morgan fingerprint density at radius 2 is 0.787 bits per heavy atom. The van der Waals surface area contributed by atoms with Gasteiger partial charge >= 0.3 is 0 Å². The van der Waals surface area contributed by atoms with Crippen molar-refractivity contribution in [3.05, 3.63) is 158 Å². The Bertz CT molecular complexity index is 2770. The standard InChI is InChI=1S/C46H32Si/c1-47(2)42-24-23-31-13-7-8-16-36(31)46(42)41-27-39-40(28-43(41)47)45(35-22-20-30-12-4-6-15-33(30)26-35)38-18-10-9-17-37(38)44(39)34-21-19-29-11-3-5-14-32(29)25-34/h3-28H,1-2H3. The third kappa shape index (κ3) is 3.81. The van der Waals surface area contributed by atoms with E-state index in [-0.39, 0.29) is 0 Å². The maximum absolute atomic E-state index is 2.60. The fourth-order valence-corrected chi connectivity index (χ4v) is 11.5. The molecule has 1 aliphatic rings. The first-order chi connectivity index (χ1) is 23.1. The molecule has 0 aromatic heterocycles. The van der Waals surface area contributed by atoms with Crippen molar-refractivity contribution >= 4 is 72.3 Å². The van der Waals surface area contributed by atoms with Crippen LogP contribution < -0.4 is 10.4 Å². The van der Waals surface area contributed by atoms with E-state index in [4.69, 9.17) is 0 Å².